The smallest absolute Gasteiger partial charge is 0.414 e. The molecule has 134 valence electrons. The molecule has 2 aliphatic heterocycles. The highest BCUT2D eigenvalue weighted by molar-refractivity contribution is 7.98. The Hall–Kier alpha value is -2.12. The van der Waals surface area contributed by atoms with E-state index in [-0.39, 0.29) is 18.9 Å². The quantitative estimate of drug-likeness (QED) is 0.436. The van der Waals surface area contributed by atoms with Gasteiger partial charge in [0.15, 0.2) is 0 Å². The molecule has 1 amide bonds. The van der Waals surface area contributed by atoms with Gasteiger partial charge in [-0.3, -0.25) is 4.90 Å². The normalized spacial score (nSPS) is 22.9. The van der Waals surface area contributed by atoms with Crippen molar-refractivity contribution in [2.75, 3.05) is 41.4 Å². The van der Waals surface area contributed by atoms with Gasteiger partial charge in [-0.05, 0) is 42.8 Å². The maximum atomic E-state index is 14.7. The monoisotopic (exact) mass is 365 g/mol. The number of rotatable bonds is 6. The third-order valence-corrected chi connectivity index (χ3v) is 5.23. The van der Waals surface area contributed by atoms with Gasteiger partial charge < -0.3 is 9.64 Å². The van der Waals surface area contributed by atoms with Crippen molar-refractivity contribution in [1.29, 1.82) is 0 Å². The largest absolute Gasteiger partial charge is 0.444 e. The minimum atomic E-state index is -0.549. The predicted molar refractivity (Wildman–Crippen MR) is 96.8 cm³/mol. The highest BCUT2D eigenvalue weighted by Crippen LogP contribution is 2.32. The van der Waals surface area contributed by atoms with Crippen molar-refractivity contribution >= 4 is 29.2 Å². The molecular weight excluding hydrogens is 345 g/mol. The standard InChI is InChI=1S/C16H20FN5O2S/c1-25-10-12-3-2-6-21(12)15-5-4-11(7-14(15)17)22-9-13(8-19-20-18)24-16(22)23/h4-5,7,12-13H,2-3,6,8-10H2,1H3/t12?,13-/m0/s1. The summed E-state index contributed by atoms with van der Waals surface area (Å²) < 4.78 is 19.8. The van der Waals surface area contributed by atoms with Crippen molar-refractivity contribution in [2.24, 2.45) is 5.11 Å². The van der Waals surface area contributed by atoms with Crippen LogP contribution in [0.1, 0.15) is 12.8 Å². The average molecular weight is 365 g/mol. The molecule has 1 unspecified atom stereocenters. The van der Waals surface area contributed by atoms with Crippen LogP contribution in [0.3, 0.4) is 0 Å². The Bertz CT molecular complexity index is 697. The van der Waals surface area contributed by atoms with Crippen molar-refractivity contribution in [1.82, 2.24) is 0 Å². The molecule has 2 heterocycles. The van der Waals surface area contributed by atoms with Crippen LogP contribution in [0.2, 0.25) is 0 Å². The van der Waals surface area contributed by atoms with Crippen LogP contribution in [-0.4, -0.2) is 49.9 Å². The fourth-order valence-electron chi connectivity index (χ4n) is 3.37. The van der Waals surface area contributed by atoms with Gasteiger partial charge in [-0.1, -0.05) is 5.11 Å². The van der Waals surface area contributed by atoms with E-state index in [1.807, 2.05) is 0 Å². The summed E-state index contributed by atoms with van der Waals surface area (Å²) in [5.74, 6) is 0.637. The van der Waals surface area contributed by atoms with Crippen LogP contribution < -0.4 is 9.80 Å². The number of halogens is 1. The van der Waals surface area contributed by atoms with Crippen molar-refractivity contribution in [3.05, 3.63) is 34.5 Å². The molecule has 0 spiro atoms. The molecule has 2 atom stereocenters. The van der Waals surface area contributed by atoms with E-state index in [0.29, 0.717) is 17.4 Å². The number of amides is 1. The van der Waals surface area contributed by atoms with Gasteiger partial charge in [0.2, 0.25) is 0 Å². The minimum absolute atomic E-state index is 0.0729. The highest BCUT2D eigenvalue weighted by Gasteiger charge is 2.33. The summed E-state index contributed by atoms with van der Waals surface area (Å²) in [6.45, 7) is 1.17. The Balaban J connectivity index is 1.76. The first-order valence-electron chi connectivity index (χ1n) is 8.18. The Morgan fingerprint density at radius 2 is 2.36 bits per heavy atom. The first-order chi connectivity index (χ1) is 12.1. The first kappa shape index (κ1) is 17.7. The molecule has 9 heteroatoms. The SMILES string of the molecule is CSCC1CCCN1c1ccc(N2C[C@H](CN=[N+]=[N-])OC2=O)cc1F. The zero-order valence-corrected chi connectivity index (χ0v) is 14.8. The fraction of sp³-hybridized carbons (Fsp3) is 0.562. The summed E-state index contributed by atoms with van der Waals surface area (Å²) >= 11 is 1.77. The summed E-state index contributed by atoms with van der Waals surface area (Å²) in [6, 6.07) is 5.20. The molecule has 0 aromatic heterocycles. The molecule has 1 aromatic carbocycles. The molecule has 1 aromatic rings. The highest BCUT2D eigenvalue weighted by atomic mass is 32.2. The molecule has 7 nitrogen and oxygen atoms in total. The van der Waals surface area contributed by atoms with Gasteiger partial charge in [0.25, 0.3) is 0 Å². The van der Waals surface area contributed by atoms with Crippen LogP contribution in [0.5, 0.6) is 0 Å². The van der Waals surface area contributed by atoms with Crippen LogP contribution >= 0.6 is 11.8 Å². The lowest BCUT2D eigenvalue weighted by Crippen LogP contribution is -2.32. The van der Waals surface area contributed by atoms with Crippen LogP contribution in [0.4, 0.5) is 20.6 Å². The lowest BCUT2D eigenvalue weighted by Gasteiger charge is -2.27. The van der Waals surface area contributed by atoms with Crippen LogP contribution in [0.15, 0.2) is 23.3 Å². The Morgan fingerprint density at radius 1 is 1.52 bits per heavy atom. The number of ether oxygens (including phenoxy) is 1. The number of azide groups is 1. The second kappa shape index (κ2) is 7.84. The third-order valence-electron chi connectivity index (χ3n) is 4.51. The zero-order valence-electron chi connectivity index (χ0n) is 14.0. The molecule has 0 saturated carbocycles. The number of anilines is 2. The van der Waals surface area contributed by atoms with Gasteiger partial charge in [-0.25, -0.2) is 9.18 Å². The first-order valence-corrected chi connectivity index (χ1v) is 9.57. The van der Waals surface area contributed by atoms with E-state index >= 15 is 0 Å². The van der Waals surface area contributed by atoms with Crippen LogP contribution in [0.25, 0.3) is 10.4 Å². The number of nitrogens with zero attached hydrogens (tertiary/aromatic N) is 5. The number of thioether (sulfide) groups is 1. The Labute approximate surface area is 149 Å². The van der Waals surface area contributed by atoms with Gasteiger partial charge in [0.1, 0.15) is 11.9 Å². The molecule has 2 saturated heterocycles. The fourth-order valence-corrected chi connectivity index (χ4v) is 4.10. The predicted octanol–water partition coefficient (Wildman–Crippen LogP) is 3.79. The van der Waals surface area contributed by atoms with Crippen molar-refractivity contribution in [3.63, 3.8) is 0 Å². The zero-order chi connectivity index (χ0) is 17.8. The molecule has 0 bridgehead atoms. The van der Waals surface area contributed by atoms with E-state index in [2.05, 4.69) is 21.2 Å². The summed E-state index contributed by atoms with van der Waals surface area (Å²) in [5.41, 5.74) is 9.39. The number of hydrogen-bond donors (Lipinski definition) is 0. The lowest BCUT2D eigenvalue weighted by atomic mass is 10.2. The molecular formula is C16H20FN5O2S. The van der Waals surface area contributed by atoms with Crippen LogP contribution in [0, 0.1) is 5.82 Å². The maximum absolute atomic E-state index is 14.7. The number of cyclic esters (lactones) is 1. The molecule has 0 N–H and O–H groups in total. The number of hydrogen-bond acceptors (Lipinski definition) is 5. The number of carbonyl (C=O) groups excluding carboxylic acids is 1. The van der Waals surface area contributed by atoms with Crippen molar-refractivity contribution in [3.8, 4) is 0 Å². The van der Waals surface area contributed by atoms with Gasteiger partial charge in [-0.2, -0.15) is 11.8 Å². The summed E-state index contributed by atoms with van der Waals surface area (Å²) in [5, 5.41) is 3.42. The molecule has 0 aliphatic carbocycles. The Morgan fingerprint density at radius 3 is 3.08 bits per heavy atom. The lowest BCUT2D eigenvalue weighted by molar-refractivity contribution is 0.145. The second-order valence-corrected chi connectivity index (χ2v) is 7.02. The molecule has 2 aliphatic rings. The third kappa shape index (κ3) is 3.77. The summed E-state index contributed by atoms with van der Waals surface area (Å²) in [7, 11) is 0. The summed E-state index contributed by atoms with van der Waals surface area (Å²) in [4.78, 5) is 18.1. The second-order valence-electron chi connectivity index (χ2n) is 6.11. The van der Waals surface area contributed by atoms with E-state index in [1.165, 1.54) is 11.0 Å². The van der Waals surface area contributed by atoms with Crippen molar-refractivity contribution < 1.29 is 13.9 Å². The van der Waals surface area contributed by atoms with E-state index in [9.17, 15) is 9.18 Å². The molecule has 0 radical (unpaired) electrons. The number of benzene rings is 1. The molecule has 2 fully saturated rings. The van der Waals surface area contributed by atoms with Gasteiger partial charge in [0.05, 0.1) is 24.5 Å². The average Bonchev–Trinajstić information content (AvgIpc) is 3.20. The minimum Gasteiger partial charge on any atom is -0.444 e. The maximum Gasteiger partial charge on any atom is 0.414 e. The van der Waals surface area contributed by atoms with Crippen LogP contribution in [-0.2, 0) is 4.74 Å². The van der Waals surface area contributed by atoms with Crippen molar-refractivity contribution in [2.45, 2.75) is 25.0 Å². The summed E-state index contributed by atoms with van der Waals surface area (Å²) in [6.07, 6.45) is 3.14. The van der Waals surface area contributed by atoms with E-state index in [0.717, 1.165) is 25.1 Å². The van der Waals surface area contributed by atoms with Gasteiger partial charge >= 0.3 is 6.09 Å². The van der Waals surface area contributed by atoms with E-state index < -0.39 is 12.2 Å². The molecule has 25 heavy (non-hydrogen) atoms. The Kier molecular flexibility index (Phi) is 5.55. The van der Waals surface area contributed by atoms with Gasteiger partial charge in [-0.15, -0.1) is 0 Å². The van der Waals surface area contributed by atoms with E-state index in [4.69, 9.17) is 10.3 Å². The van der Waals surface area contributed by atoms with E-state index in [1.54, 1.807) is 23.9 Å². The van der Waals surface area contributed by atoms with Gasteiger partial charge in [0, 0.05) is 23.3 Å². The molecule has 3 rings (SSSR count). The topological polar surface area (TPSA) is 81.5 Å². The number of carbonyl (C=O) groups is 1.